The average molecular weight is 256 g/mol. The summed E-state index contributed by atoms with van der Waals surface area (Å²) in [7, 11) is -0.888. The second-order valence-electron chi connectivity index (χ2n) is 5.12. The standard InChI is InChI=1S/C17H21P/c1-12-6-8-16(14(3)10-12)18(5)17-9-7-13(2)11-15(17)4/h6-11,18H,5H2,1-4H3. The van der Waals surface area contributed by atoms with Crippen LogP contribution in [-0.2, 0) is 0 Å². The number of rotatable bonds is 2. The summed E-state index contributed by atoms with van der Waals surface area (Å²) >= 11 is 0. The maximum atomic E-state index is 4.46. The lowest BCUT2D eigenvalue weighted by atomic mass is 10.2. The highest BCUT2D eigenvalue weighted by atomic mass is 31.1. The van der Waals surface area contributed by atoms with Gasteiger partial charge in [-0.3, -0.25) is 0 Å². The van der Waals surface area contributed by atoms with Crippen molar-refractivity contribution in [3.63, 3.8) is 0 Å². The van der Waals surface area contributed by atoms with E-state index in [-0.39, 0.29) is 0 Å². The zero-order valence-corrected chi connectivity index (χ0v) is 12.7. The molecule has 0 radical (unpaired) electrons. The van der Waals surface area contributed by atoms with Gasteiger partial charge in [0.15, 0.2) is 0 Å². The van der Waals surface area contributed by atoms with E-state index in [9.17, 15) is 0 Å². The first kappa shape index (κ1) is 13.2. The fourth-order valence-corrected chi connectivity index (χ4v) is 4.41. The van der Waals surface area contributed by atoms with Crippen LogP contribution in [-0.4, -0.2) is 6.30 Å². The summed E-state index contributed by atoms with van der Waals surface area (Å²) in [6, 6.07) is 13.4. The minimum Gasteiger partial charge on any atom is -0.0953 e. The van der Waals surface area contributed by atoms with Crippen molar-refractivity contribution in [2.24, 2.45) is 0 Å². The number of benzene rings is 2. The molecule has 0 heterocycles. The van der Waals surface area contributed by atoms with Crippen LogP contribution in [0.15, 0.2) is 36.4 Å². The van der Waals surface area contributed by atoms with E-state index in [1.54, 1.807) is 0 Å². The molecule has 0 aliphatic rings. The third-order valence-corrected chi connectivity index (χ3v) is 5.84. The average Bonchev–Trinajstić information content (AvgIpc) is 2.28. The molecule has 0 spiro atoms. The van der Waals surface area contributed by atoms with Crippen LogP contribution in [0.25, 0.3) is 0 Å². The molecule has 18 heavy (non-hydrogen) atoms. The molecule has 0 N–H and O–H groups in total. The molecular formula is C17H21P. The molecule has 94 valence electrons. The topological polar surface area (TPSA) is 0 Å². The smallest absolute Gasteiger partial charge is 0.0207 e. The third-order valence-electron chi connectivity index (χ3n) is 3.41. The minimum atomic E-state index is -0.888. The van der Waals surface area contributed by atoms with Crippen LogP contribution in [0.5, 0.6) is 0 Å². The van der Waals surface area contributed by atoms with E-state index in [0.29, 0.717) is 0 Å². The van der Waals surface area contributed by atoms with E-state index in [1.807, 2.05) is 0 Å². The normalized spacial score (nSPS) is 10.9. The zero-order chi connectivity index (χ0) is 13.3. The van der Waals surface area contributed by atoms with Gasteiger partial charge in [0.1, 0.15) is 0 Å². The van der Waals surface area contributed by atoms with Gasteiger partial charge in [-0.25, -0.2) is 0 Å². The lowest BCUT2D eigenvalue weighted by Crippen LogP contribution is -2.12. The van der Waals surface area contributed by atoms with Crippen LogP contribution in [0.2, 0.25) is 0 Å². The first-order chi connectivity index (χ1) is 8.49. The van der Waals surface area contributed by atoms with E-state index < -0.39 is 7.55 Å². The van der Waals surface area contributed by atoms with Crippen molar-refractivity contribution in [3.05, 3.63) is 58.7 Å². The van der Waals surface area contributed by atoms with Gasteiger partial charge in [-0.1, -0.05) is 61.4 Å². The number of hydrogen-bond acceptors (Lipinski definition) is 0. The van der Waals surface area contributed by atoms with Crippen LogP contribution >= 0.6 is 7.55 Å². The number of hydrogen-bond donors (Lipinski definition) is 0. The first-order valence-electron chi connectivity index (χ1n) is 6.33. The van der Waals surface area contributed by atoms with E-state index in [1.165, 1.54) is 32.9 Å². The lowest BCUT2D eigenvalue weighted by molar-refractivity contribution is 1.41. The molecule has 0 unspecified atom stereocenters. The highest BCUT2D eigenvalue weighted by molar-refractivity contribution is 7.71. The molecule has 0 atom stereocenters. The van der Waals surface area contributed by atoms with Gasteiger partial charge in [0, 0.05) is 0 Å². The molecular weight excluding hydrogens is 235 g/mol. The van der Waals surface area contributed by atoms with E-state index in [4.69, 9.17) is 0 Å². The minimum absolute atomic E-state index is 0.888. The molecule has 0 saturated heterocycles. The molecule has 0 bridgehead atoms. The van der Waals surface area contributed by atoms with Gasteiger partial charge in [0.25, 0.3) is 0 Å². The Hall–Kier alpha value is -1.26. The Labute approximate surface area is 111 Å². The summed E-state index contributed by atoms with van der Waals surface area (Å²) in [5.41, 5.74) is 5.40. The summed E-state index contributed by atoms with van der Waals surface area (Å²) < 4.78 is 0. The highest BCUT2D eigenvalue weighted by Crippen LogP contribution is 2.23. The predicted molar refractivity (Wildman–Crippen MR) is 86.5 cm³/mol. The monoisotopic (exact) mass is 256 g/mol. The predicted octanol–water partition coefficient (Wildman–Crippen LogP) is 3.52. The van der Waals surface area contributed by atoms with Gasteiger partial charge in [-0.2, -0.15) is 0 Å². The van der Waals surface area contributed by atoms with Gasteiger partial charge in [0.2, 0.25) is 0 Å². The van der Waals surface area contributed by atoms with Gasteiger partial charge < -0.3 is 0 Å². The Kier molecular flexibility index (Phi) is 3.78. The van der Waals surface area contributed by atoms with E-state index in [2.05, 4.69) is 70.4 Å². The van der Waals surface area contributed by atoms with Crippen LogP contribution < -0.4 is 10.6 Å². The first-order valence-corrected chi connectivity index (χ1v) is 8.04. The van der Waals surface area contributed by atoms with E-state index >= 15 is 0 Å². The molecule has 0 saturated carbocycles. The Morgan fingerprint density at radius 2 is 1.11 bits per heavy atom. The van der Waals surface area contributed by atoms with Crippen molar-refractivity contribution >= 4 is 24.5 Å². The third kappa shape index (κ3) is 2.60. The molecule has 2 rings (SSSR count). The van der Waals surface area contributed by atoms with Crippen molar-refractivity contribution < 1.29 is 0 Å². The lowest BCUT2D eigenvalue weighted by Gasteiger charge is -2.14. The Morgan fingerprint density at radius 3 is 1.44 bits per heavy atom. The quantitative estimate of drug-likeness (QED) is 0.721. The molecule has 0 aromatic heterocycles. The SMILES string of the molecule is C=[PH](c1ccc(C)cc1C)c1ccc(C)cc1C. The van der Waals surface area contributed by atoms with Crippen LogP contribution in [0, 0.1) is 27.7 Å². The van der Waals surface area contributed by atoms with Gasteiger partial charge in [-0.15, -0.1) is 0 Å². The Morgan fingerprint density at radius 1 is 0.722 bits per heavy atom. The van der Waals surface area contributed by atoms with Crippen molar-refractivity contribution in [1.29, 1.82) is 0 Å². The molecule has 2 aromatic carbocycles. The summed E-state index contributed by atoms with van der Waals surface area (Å²) in [4.78, 5) is 0. The highest BCUT2D eigenvalue weighted by Gasteiger charge is 2.07. The maximum Gasteiger partial charge on any atom is -0.0207 e. The molecule has 0 aliphatic heterocycles. The van der Waals surface area contributed by atoms with Crippen LogP contribution in [0.3, 0.4) is 0 Å². The van der Waals surface area contributed by atoms with Crippen molar-refractivity contribution in [2.45, 2.75) is 27.7 Å². The summed E-state index contributed by atoms with van der Waals surface area (Å²) in [6.07, 6.45) is 4.46. The van der Waals surface area contributed by atoms with Crippen molar-refractivity contribution in [2.75, 3.05) is 0 Å². The Bertz CT molecular complexity index is 556. The van der Waals surface area contributed by atoms with Gasteiger partial charge in [0.05, 0.1) is 0 Å². The Balaban J connectivity index is 2.48. The molecule has 2 aromatic rings. The van der Waals surface area contributed by atoms with Crippen molar-refractivity contribution in [1.82, 2.24) is 0 Å². The number of aryl methyl sites for hydroxylation is 4. The van der Waals surface area contributed by atoms with Crippen molar-refractivity contribution in [3.8, 4) is 0 Å². The fourth-order valence-electron chi connectivity index (χ4n) is 2.45. The molecule has 0 amide bonds. The largest absolute Gasteiger partial charge is 0.0953 e. The molecule has 0 aliphatic carbocycles. The fraction of sp³-hybridized carbons (Fsp3) is 0.235. The molecule has 0 fully saturated rings. The van der Waals surface area contributed by atoms with Crippen LogP contribution in [0.1, 0.15) is 22.3 Å². The van der Waals surface area contributed by atoms with E-state index in [0.717, 1.165) is 0 Å². The van der Waals surface area contributed by atoms with Gasteiger partial charge in [-0.05, 0) is 49.4 Å². The summed E-state index contributed by atoms with van der Waals surface area (Å²) in [5.74, 6) is 0. The second kappa shape index (κ2) is 5.16. The molecule has 1 heteroatoms. The summed E-state index contributed by atoms with van der Waals surface area (Å²) in [5, 5.41) is 2.86. The van der Waals surface area contributed by atoms with Crippen LogP contribution in [0.4, 0.5) is 0 Å². The molecule has 0 nitrogen and oxygen atoms in total. The zero-order valence-electron chi connectivity index (χ0n) is 11.7. The van der Waals surface area contributed by atoms with Gasteiger partial charge >= 0.3 is 0 Å². The second-order valence-corrected chi connectivity index (χ2v) is 7.15. The maximum absolute atomic E-state index is 4.46. The summed E-state index contributed by atoms with van der Waals surface area (Å²) in [6.45, 7) is 8.68.